The summed E-state index contributed by atoms with van der Waals surface area (Å²) in [6, 6.07) is 11.9. The van der Waals surface area contributed by atoms with Crippen molar-refractivity contribution in [2.24, 2.45) is 5.73 Å². The quantitative estimate of drug-likeness (QED) is 0.647. The SMILES string of the molecule is COc1ccc(-c2nc3cc(C(C)(C)C(N)S(=O)(=O)C(F)(F)F)ccc3[nH]2)cc1. The van der Waals surface area contributed by atoms with Crippen molar-refractivity contribution in [2.75, 3.05) is 7.11 Å². The fourth-order valence-electron chi connectivity index (χ4n) is 2.99. The molecule has 0 spiro atoms. The molecule has 1 atom stereocenters. The van der Waals surface area contributed by atoms with Gasteiger partial charge in [-0.05, 0) is 42.0 Å². The van der Waals surface area contributed by atoms with Crippen molar-refractivity contribution < 1.29 is 26.3 Å². The van der Waals surface area contributed by atoms with E-state index < -0.39 is 26.1 Å². The van der Waals surface area contributed by atoms with E-state index in [2.05, 4.69) is 9.97 Å². The third-order valence-electron chi connectivity index (χ3n) is 4.96. The first-order valence-electron chi connectivity index (χ1n) is 8.58. The molecule has 0 saturated heterocycles. The van der Waals surface area contributed by atoms with Crippen molar-refractivity contribution in [3.8, 4) is 17.1 Å². The third kappa shape index (κ3) is 3.69. The number of hydrogen-bond donors (Lipinski definition) is 2. The number of aromatic amines is 1. The fraction of sp³-hybridized carbons (Fsp3) is 0.316. The van der Waals surface area contributed by atoms with E-state index in [1.54, 1.807) is 37.4 Å². The van der Waals surface area contributed by atoms with Gasteiger partial charge in [0, 0.05) is 11.0 Å². The molecule has 1 heterocycles. The Hall–Kier alpha value is -2.59. The van der Waals surface area contributed by atoms with E-state index in [9.17, 15) is 21.6 Å². The van der Waals surface area contributed by atoms with Gasteiger partial charge in [-0.25, -0.2) is 13.4 Å². The van der Waals surface area contributed by atoms with Crippen LogP contribution < -0.4 is 10.5 Å². The summed E-state index contributed by atoms with van der Waals surface area (Å²) in [4.78, 5) is 7.60. The first kappa shape index (κ1) is 21.1. The summed E-state index contributed by atoms with van der Waals surface area (Å²) in [7, 11) is -3.98. The van der Waals surface area contributed by atoms with E-state index in [4.69, 9.17) is 10.5 Å². The minimum absolute atomic E-state index is 0.332. The zero-order chi connectivity index (χ0) is 21.6. The van der Waals surface area contributed by atoms with Crippen molar-refractivity contribution in [1.29, 1.82) is 0 Å². The van der Waals surface area contributed by atoms with Crippen LogP contribution in [0, 0.1) is 0 Å². The second kappa shape index (κ2) is 7.03. The zero-order valence-corrected chi connectivity index (χ0v) is 16.7. The number of methoxy groups -OCH3 is 1. The van der Waals surface area contributed by atoms with Crippen molar-refractivity contribution >= 4 is 20.9 Å². The number of sulfone groups is 1. The van der Waals surface area contributed by atoms with Gasteiger partial charge in [0.15, 0.2) is 0 Å². The predicted octanol–water partition coefficient (Wildman–Crippen LogP) is 3.74. The van der Waals surface area contributed by atoms with Gasteiger partial charge in [0.1, 0.15) is 16.9 Å². The summed E-state index contributed by atoms with van der Waals surface area (Å²) in [5, 5.41) is -2.16. The number of hydrogen-bond acceptors (Lipinski definition) is 5. The van der Waals surface area contributed by atoms with Crippen molar-refractivity contribution in [2.45, 2.75) is 30.1 Å². The maximum Gasteiger partial charge on any atom is 0.498 e. The third-order valence-corrected chi connectivity index (χ3v) is 6.86. The number of nitrogens with zero attached hydrogens (tertiary/aromatic N) is 1. The Labute approximate surface area is 165 Å². The van der Waals surface area contributed by atoms with E-state index in [0.29, 0.717) is 28.2 Å². The highest BCUT2D eigenvalue weighted by Crippen LogP contribution is 2.37. The maximum absolute atomic E-state index is 12.9. The molecule has 0 radical (unpaired) electrons. The lowest BCUT2D eigenvalue weighted by Gasteiger charge is -2.32. The summed E-state index contributed by atoms with van der Waals surface area (Å²) < 4.78 is 67.5. The lowest BCUT2D eigenvalue weighted by molar-refractivity contribution is -0.0450. The van der Waals surface area contributed by atoms with Crippen LogP contribution in [0.2, 0.25) is 0 Å². The fourth-order valence-corrected chi connectivity index (χ4v) is 4.19. The molecule has 156 valence electrons. The molecule has 1 unspecified atom stereocenters. The van der Waals surface area contributed by atoms with Crippen LogP contribution >= 0.6 is 0 Å². The summed E-state index contributed by atoms with van der Waals surface area (Å²) in [5.41, 5.74) is 0.902. The normalized spacial score (nSPS) is 14.2. The molecule has 0 amide bonds. The number of ether oxygens (including phenoxy) is 1. The van der Waals surface area contributed by atoms with E-state index in [1.807, 2.05) is 12.1 Å². The molecule has 3 N–H and O–H groups in total. The predicted molar refractivity (Wildman–Crippen MR) is 104 cm³/mol. The van der Waals surface area contributed by atoms with Crippen LogP contribution in [0.15, 0.2) is 42.5 Å². The van der Waals surface area contributed by atoms with E-state index in [1.165, 1.54) is 13.8 Å². The van der Waals surface area contributed by atoms with Gasteiger partial charge in [-0.1, -0.05) is 19.9 Å². The van der Waals surface area contributed by atoms with Gasteiger partial charge in [-0.3, -0.25) is 0 Å². The molecule has 10 heteroatoms. The van der Waals surface area contributed by atoms with Crippen LogP contribution in [-0.4, -0.2) is 36.4 Å². The number of fused-ring (bicyclic) bond motifs is 1. The first-order chi connectivity index (χ1) is 13.4. The Bertz CT molecular complexity index is 1140. The van der Waals surface area contributed by atoms with Crippen LogP contribution in [-0.2, 0) is 15.3 Å². The minimum atomic E-state index is -5.54. The zero-order valence-electron chi connectivity index (χ0n) is 15.9. The number of nitrogens with one attached hydrogen (secondary N) is 1. The number of benzene rings is 2. The summed E-state index contributed by atoms with van der Waals surface area (Å²) in [5.74, 6) is 1.25. The average Bonchev–Trinajstić information content (AvgIpc) is 3.09. The molecule has 3 aromatic rings. The molecular formula is C19H20F3N3O3S. The van der Waals surface area contributed by atoms with Crippen LogP contribution in [0.4, 0.5) is 13.2 Å². The topological polar surface area (TPSA) is 98.1 Å². The van der Waals surface area contributed by atoms with E-state index in [0.717, 1.165) is 5.56 Å². The molecule has 0 saturated carbocycles. The van der Waals surface area contributed by atoms with Crippen LogP contribution in [0.5, 0.6) is 5.75 Å². The molecule has 29 heavy (non-hydrogen) atoms. The van der Waals surface area contributed by atoms with Crippen molar-refractivity contribution in [3.05, 3.63) is 48.0 Å². The second-order valence-corrected chi connectivity index (χ2v) is 9.24. The molecular weight excluding hydrogens is 407 g/mol. The molecule has 3 rings (SSSR count). The highest BCUT2D eigenvalue weighted by Gasteiger charge is 2.54. The highest BCUT2D eigenvalue weighted by molar-refractivity contribution is 7.92. The van der Waals surface area contributed by atoms with Gasteiger partial charge in [-0.2, -0.15) is 13.2 Å². The lowest BCUT2D eigenvalue weighted by atomic mass is 9.84. The van der Waals surface area contributed by atoms with Crippen LogP contribution in [0.25, 0.3) is 22.4 Å². The van der Waals surface area contributed by atoms with E-state index >= 15 is 0 Å². The minimum Gasteiger partial charge on any atom is -0.497 e. The molecule has 1 aromatic heterocycles. The number of rotatable bonds is 5. The van der Waals surface area contributed by atoms with Gasteiger partial charge >= 0.3 is 5.51 Å². The van der Waals surface area contributed by atoms with Gasteiger partial charge < -0.3 is 15.5 Å². The van der Waals surface area contributed by atoms with Crippen molar-refractivity contribution in [3.63, 3.8) is 0 Å². The van der Waals surface area contributed by atoms with Crippen molar-refractivity contribution in [1.82, 2.24) is 9.97 Å². The van der Waals surface area contributed by atoms with Gasteiger partial charge in [0.2, 0.25) is 0 Å². The number of aromatic nitrogens is 2. The largest absolute Gasteiger partial charge is 0.498 e. The van der Waals surface area contributed by atoms with Gasteiger partial charge in [-0.15, -0.1) is 0 Å². The Morgan fingerprint density at radius 1 is 1.10 bits per heavy atom. The molecule has 0 aliphatic heterocycles. The van der Waals surface area contributed by atoms with E-state index in [-0.39, 0.29) is 0 Å². The average molecular weight is 427 g/mol. The molecule has 0 aliphatic carbocycles. The number of alkyl halides is 3. The lowest BCUT2D eigenvalue weighted by Crippen LogP contribution is -2.51. The van der Waals surface area contributed by atoms with Crippen LogP contribution in [0.3, 0.4) is 0 Å². The number of nitrogens with two attached hydrogens (primary N) is 1. The summed E-state index contributed by atoms with van der Waals surface area (Å²) in [6.07, 6.45) is 0. The molecule has 6 nitrogen and oxygen atoms in total. The first-order valence-corrected chi connectivity index (χ1v) is 10.1. The monoisotopic (exact) mass is 427 g/mol. The number of imidazole rings is 1. The highest BCUT2D eigenvalue weighted by atomic mass is 32.2. The summed E-state index contributed by atoms with van der Waals surface area (Å²) >= 11 is 0. The van der Waals surface area contributed by atoms with Gasteiger partial charge in [0.25, 0.3) is 9.84 Å². The maximum atomic E-state index is 12.9. The number of H-pyrrole nitrogens is 1. The second-order valence-electron chi connectivity index (χ2n) is 7.18. The molecule has 0 aliphatic rings. The Morgan fingerprint density at radius 3 is 2.28 bits per heavy atom. The summed E-state index contributed by atoms with van der Waals surface area (Å²) in [6.45, 7) is 2.72. The Morgan fingerprint density at radius 2 is 1.72 bits per heavy atom. The van der Waals surface area contributed by atoms with Gasteiger partial charge in [0.05, 0.1) is 18.1 Å². The van der Waals surface area contributed by atoms with Crippen LogP contribution in [0.1, 0.15) is 19.4 Å². The molecule has 0 bridgehead atoms. The standard InChI is InChI=1S/C19H20F3N3O3S/c1-18(2,17(23)29(26,27)19(20,21)22)12-6-9-14-15(10-12)25-16(24-14)11-4-7-13(28-3)8-5-11/h4-10,17H,23H2,1-3H3,(H,24,25). The smallest absolute Gasteiger partial charge is 0.497 e. The molecule has 0 fully saturated rings. The molecule has 2 aromatic carbocycles. The Kier molecular flexibility index (Phi) is 5.12. The number of halogens is 3. The Balaban J connectivity index is 2.00.